The van der Waals surface area contributed by atoms with Gasteiger partial charge in [0.1, 0.15) is 5.82 Å². The van der Waals surface area contributed by atoms with Gasteiger partial charge in [0.2, 0.25) is 5.88 Å². The van der Waals surface area contributed by atoms with Gasteiger partial charge < -0.3 is 15.8 Å². The minimum Gasteiger partial charge on any atom is -0.481 e. The van der Waals surface area contributed by atoms with E-state index in [1.807, 2.05) is 18.2 Å². The quantitative estimate of drug-likeness (QED) is 0.771. The van der Waals surface area contributed by atoms with E-state index in [4.69, 9.17) is 10.5 Å². The third-order valence-electron chi connectivity index (χ3n) is 2.23. The minimum absolute atomic E-state index is 0.0742. The summed E-state index contributed by atoms with van der Waals surface area (Å²) in [4.78, 5) is 4.25. The second-order valence-electron chi connectivity index (χ2n) is 4.29. The number of pyridine rings is 1. The van der Waals surface area contributed by atoms with E-state index < -0.39 is 0 Å². The van der Waals surface area contributed by atoms with Gasteiger partial charge in [0.05, 0.1) is 7.11 Å². The molecule has 15 heavy (non-hydrogen) atoms. The van der Waals surface area contributed by atoms with Crippen LogP contribution in [-0.4, -0.2) is 25.2 Å². The van der Waals surface area contributed by atoms with E-state index in [0.29, 0.717) is 12.4 Å². The van der Waals surface area contributed by atoms with Gasteiger partial charge in [-0.25, -0.2) is 0 Å². The van der Waals surface area contributed by atoms with Gasteiger partial charge in [0.15, 0.2) is 0 Å². The molecule has 0 saturated carbocycles. The summed E-state index contributed by atoms with van der Waals surface area (Å²) in [5, 5.41) is 3.24. The molecule has 0 radical (unpaired) electrons. The zero-order chi connectivity index (χ0) is 11.3. The van der Waals surface area contributed by atoms with Crippen LogP contribution < -0.4 is 15.8 Å². The first-order valence-corrected chi connectivity index (χ1v) is 5.02. The van der Waals surface area contributed by atoms with Gasteiger partial charge in [-0.2, -0.15) is 4.98 Å². The molecular weight excluding hydrogens is 190 g/mol. The molecule has 1 aromatic heterocycles. The zero-order valence-electron chi connectivity index (χ0n) is 9.58. The van der Waals surface area contributed by atoms with Crippen LogP contribution in [0.25, 0.3) is 0 Å². The summed E-state index contributed by atoms with van der Waals surface area (Å²) < 4.78 is 5.04. The van der Waals surface area contributed by atoms with Crippen molar-refractivity contribution >= 4 is 5.82 Å². The lowest BCUT2D eigenvalue weighted by atomic mass is 9.94. The average molecular weight is 209 g/mol. The molecule has 0 saturated heterocycles. The normalized spacial score (nSPS) is 11.2. The molecule has 0 aliphatic heterocycles. The highest BCUT2D eigenvalue weighted by atomic mass is 16.5. The molecule has 3 N–H and O–H groups in total. The van der Waals surface area contributed by atoms with Crippen LogP contribution in [0.1, 0.15) is 13.8 Å². The highest BCUT2D eigenvalue weighted by Crippen LogP contribution is 2.15. The maximum absolute atomic E-state index is 5.64. The molecule has 1 aromatic rings. The third kappa shape index (κ3) is 3.75. The third-order valence-corrected chi connectivity index (χ3v) is 2.23. The first-order valence-electron chi connectivity index (χ1n) is 5.02. The fraction of sp³-hybridized carbons (Fsp3) is 0.545. The Morgan fingerprint density at radius 3 is 2.80 bits per heavy atom. The molecule has 0 unspecified atom stereocenters. The van der Waals surface area contributed by atoms with E-state index >= 15 is 0 Å². The van der Waals surface area contributed by atoms with Crippen molar-refractivity contribution in [1.29, 1.82) is 0 Å². The SMILES string of the molecule is COc1cccc(NCC(C)(C)CN)n1. The van der Waals surface area contributed by atoms with Gasteiger partial charge in [-0.3, -0.25) is 0 Å². The van der Waals surface area contributed by atoms with Crippen molar-refractivity contribution in [2.45, 2.75) is 13.8 Å². The summed E-state index contributed by atoms with van der Waals surface area (Å²) in [6.45, 7) is 5.66. The predicted octanol–water partition coefficient (Wildman–Crippen LogP) is 1.49. The topological polar surface area (TPSA) is 60.2 Å². The predicted molar refractivity (Wildman–Crippen MR) is 62.1 cm³/mol. The Kier molecular flexibility index (Phi) is 3.91. The fourth-order valence-corrected chi connectivity index (χ4v) is 1.03. The number of ether oxygens (including phenoxy) is 1. The number of aromatic nitrogens is 1. The number of anilines is 1. The van der Waals surface area contributed by atoms with E-state index in [2.05, 4.69) is 24.1 Å². The summed E-state index contributed by atoms with van der Waals surface area (Å²) >= 11 is 0. The van der Waals surface area contributed by atoms with Crippen molar-refractivity contribution in [1.82, 2.24) is 4.98 Å². The van der Waals surface area contributed by atoms with Crippen LogP contribution >= 0.6 is 0 Å². The minimum atomic E-state index is 0.0742. The summed E-state index contributed by atoms with van der Waals surface area (Å²) in [6, 6.07) is 5.64. The van der Waals surface area contributed by atoms with Crippen molar-refractivity contribution in [3.63, 3.8) is 0 Å². The zero-order valence-corrected chi connectivity index (χ0v) is 9.58. The molecule has 0 bridgehead atoms. The lowest BCUT2D eigenvalue weighted by molar-refractivity contribution is 0.395. The first kappa shape index (κ1) is 11.8. The Morgan fingerprint density at radius 2 is 2.20 bits per heavy atom. The van der Waals surface area contributed by atoms with Gasteiger partial charge in [-0.1, -0.05) is 19.9 Å². The second-order valence-corrected chi connectivity index (χ2v) is 4.29. The molecule has 4 nitrogen and oxygen atoms in total. The molecule has 0 fully saturated rings. The van der Waals surface area contributed by atoms with Gasteiger partial charge in [-0.15, -0.1) is 0 Å². The van der Waals surface area contributed by atoms with Crippen molar-refractivity contribution in [3.8, 4) is 5.88 Å². The summed E-state index contributed by atoms with van der Waals surface area (Å²) in [5.41, 5.74) is 5.72. The van der Waals surface area contributed by atoms with E-state index in [0.717, 1.165) is 12.4 Å². The molecule has 0 amide bonds. The maximum atomic E-state index is 5.64. The van der Waals surface area contributed by atoms with Gasteiger partial charge in [-0.05, 0) is 18.0 Å². The standard InChI is InChI=1S/C11H19N3O/c1-11(2,7-12)8-13-9-5-4-6-10(14-9)15-3/h4-6H,7-8,12H2,1-3H3,(H,13,14). The maximum Gasteiger partial charge on any atom is 0.214 e. The number of rotatable bonds is 5. The van der Waals surface area contributed by atoms with Gasteiger partial charge in [0.25, 0.3) is 0 Å². The Balaban J connectivity index is 2.57. The van der Waals surface area contributed by atoms with Crippen LogP contribution in [0.5, 0.6) is 5.88 Å². The molecule has 1 heterocycles. The molecule has 0 atom stereocenters. The molecule has 1 rings (SSSR count). The molecule has 0 spiro atoms. The summed E-state index contributed by atoms with van der Waals surface area (Å²) in [6.07, 6.45) is 0. The smallest absolute Gasteiger partial charge is 0.214 e. The highest BCUT2D eigenvalue weighted by molar-refractivity contribution is 5.37. The van der Waals surface area contributed by atoms with Crippen molar-refractivity contribution < 1.29 is 4.74 Å². The van der Waals surface area contributed by atoms with E-state index in [1.165, 1.54) is 0 Å². The van der Waals surface area contributed by atoms with Crippen LogP contribution in [0, 0.1) is 5.41 Å². The molecule has 84 valence electrons. The van der Waals surface area contributed by atoms with Crippen molar-refractivity contribution in [2.75, 3.05) is 25.5 Å². The monoisotopic (exact) mass is 209 g/mol. The molecule has 4 heteroatoms. The first-order chi connectivity index (χ1) is 7.07. The average Bonchev–Trinajstić information content (AvgIpc) is 2.27. The molecule has 0 aliphatic carbocycles. The van der Waals surface area contributed by atoms with Crippen molar-refractivity contribution in [2.24, 2.45) is 11.1 Å². The number of hydrogen-bond donors (Lipinski definition) is 2. The number of methoxy groups -OCH3 is 1. The van der Waals surface area contributed by atoms with E-state index in [9.17, 15) is 0 Å². The van der Waals surface area contributed by atoms with Crippen LogP contribution in [0.4, 0.5) is 5.82 Å². The molecule has 0 aromatic carbocycles. The summed E-state index contributed by atoms with van der Waals surface area (Å²) in [5.74, 6) is 1.43. The largest absolute Gasteiger partial charge is 0.481 e. The molecule has 0 aliphatic rings. The number of nitrogens with one attached hydrogen (secondary N) is 1. The van der Waals surface area contributed by atoms with Gasteiger partial charge >= 0.3 is 0 Å². The Bertz CT molecular complexity index is 312. The number of nitrogens with two attached hydrogens (primary N) is 1. The lowest BCUT2D eigenvalue weighted by Crippen LogP contribution is -2.31. The lowest BCUT2D eigenvalue weighted by Gasteiger charge is -2.22. The second kappa shape index (κ2) is 4.98. The van der Waals surface area contributed by atoms with Crippen molar-refractivity contribution in [3.05, 3.63) is 18.2 Å². The van der Waals surface area contributed by atoms with E-state index in [-0.39, 0.29) is 5.41 Å². The van der Waals surface area contributed by atoms with Crippen LogP contribution in [0.15, 0.2) is 18.2 Å². The van der Waals surface area contributed by atoms with Gasteiger partial charge in [0, 0.05) is 12.6 Å². The van der Waals surface area contributed by atoms with Crippen LogP contribution in [0.3, 0.4) is 0 Å². The van der Waals surface area contributed by atoms with Crippen LogP contribution in [0.2, 0.25) is 0 Å². The highest BCUT2D eigenvalue weighted by Gasteiger charge is 2.15. The van der Waals surface area contributed by atoms with E-state index in [1.54, 1.807) is 7.11 Å². The molecular formula is C11H19N3O. The fourth-order valence-electron chi connectivity index (χ4n) is 1.03. The summed E-state index contributed by atoms with van der Waals surface area (Å²) in [7, 11) is 1.61. The Labute approximate surface area is 90.8 Å². The Morgan fingerprint density at radius 1 is 1.47 bits per heavy atom. The Hall–Kier alpha value is -1.29. The number of hydrogen-bond acceptors (Lipinski definition) is 4. The number of nitrogens with zero attached hydrogens (tertiary/aromatic N) is 1. The van der Waals surface area contributed by atoms with Crippen LogP contribution in [-0.2, 0) is 0 Å².